The van der Waals surface area contributed by atoms with Gasteiger partial charge in [-0.3, -0.25) is 19.7 Å². The Bertz CT molecular complexity index is 914. The first-order valence-electron chi connectivity index (χ1n) is 9.68. The number of rotatable bonds is 7. The third kappa shape index (κ3) is 5.29. The molecule has 1 aliphatic heterocycles. The van der Waals surface area contributed by atoms with Crippen molar-refractivity contribution in [1.29, 1.82) is 0 Å². The Morgan fingerprint density at radius 3 is 2.43 bits per heavy atom. The number of para-hydroxylation sites is 1. The lowest BCUT2D eigenvalue weighted by Gasteiger charge is -2.36. The van der Waals surface area contributed by atoms with Crippen LogP contribution in [0, 0.1) is 10.1 Å². The minimum absolute atomic E-state index is 0.00998. The molecule has 2 aromatic rings. The molecule has 8 nitrogen and oxygen atoms in total. The second-order valence-corrected chi connectivity index (χ2v) is 7.73. The van der Waals surface area contributed by atoms with Gasteiger partial charge in [0.2, 0.25) is 5.91 Å². The molecule has 9 heteroatoms. The van der Waals surface area contributed by atoms with Gasteiger partial charge in [-0.2, -0.15) is 0 Å². The van der Waals surface area contributed by atoms with Crippen LogP contribution in [0.4, 0.5) is 11.4 Å². The van der Waals surface area contributed by atoms with Crippen LogP contribution in [0.2, 0.25) is 0 Å². The van der Waals surface area contributed by atoms with Gasteiger partial charge >= 0.3 is 0 Å². The number of anilines is 1. The van der Waals surface area contributed by atoms with Crippen molar-refractivity contribution in [2.75, 3.05) is 43.9 Å². The van der Waals surface area contributed by atoms with E-state index in [9.17, 15) is 19.7 Å². The number of piperazine rings is 1. The van der Waals surface area contributed by atoms with E-state index in [1.54, 1.807) is 11.0 Å². The zero-order valence-corrected chi connectivity index (χ0v) is 17.6. The number of amides is 2. The Hall–Kier alpha value is -3.07. The van der Waals surface area contributed by atoms with E-state index >= 15 is 0 Å². The molecule has 1 heterocycles. The fourth-order valence-corrected chi connectivity index (χ4v) is 3.81. The Kier molecular flexibility index (Phi) is 7.29. The van der Waals surface area contributed by atoms with Crippen LogP contribution in [-0.4, -0.2) is 60.6 Å². The molecule has 0 atom stereocenters. The van der Waals surface area contributed by atoms with E-state index in [0.717, 1.165) is 23.7 Å². The van der Waals surface area contributed by atoms with Crippen molar-refractivity contribution in [3.63, 3.8) is 0 Å². The average Bonchev–Trinajstić information content (AvgIpc) is 2.79. The summed E-state index contributed by atoms with van der Waals surface area (Å²) in [5.41, 5.74) is 0.912. The monoisotopic (exact) mass is 428 g/mol. The lowest BCUT2D eigenvalue weighted by Crippen LogP contribution is -2.49. The molecular formula is C21H24N4O4S. The van der Waals surface area contributed by atoms with Crippen LogP contribution >= 0.6 is 11.8 Å². The second kappa shape index (κ2) is 10.1. The SMILES string of the molecule is CSc1ccc([N+](=O)[O-])c(C(=O)NCCC(=O)N2CCN(c3ccccc3)CC2)c1. The van der Waals surface area contributed by atoms with E-state index in [4.69, 9.17) is 0 Å². The quantitative estimate of drug-likeness (QED) is 0.414. The van der Waals surface area contributed by atoms with Crippen molar-refractivity contribution in [1.82, 2.24) is 10.2 Å². The molecule has 2 aromatic carbocycles. The zero-order chi connectivity index (χ0) is 21.5. The first-order valence-corrected chi connectivity index (χ1v) is 10.9. The Labute approximate surface area is 179 Å². The molecule has 0 radical (unpaired) electrons. The highest BCUT2D eigenvalue weighted by Crippen LogP contribution is 2.24. The molecule has 0 aromatic heterocycles. The number of hydrogen-bond acceptors (Lipinski definition) is 6. The first-order chi connectivity index (χ1) is 14.5. The van der Waals surface area contributed by atoms with Gasteiger partial charge in [0.25, 0.3) is 11.6 Å². The number of nitro groups is 1. The third-order valence-electron chi connectivity index (χ3n) is 5.02. The molecule has 2 amide bonds. The van der Waals surface area contributed by atoms with E-state index in [2.05, 4.69) is 22.3 Å². The zero-order valence-electron chi connectivity index (χ0n) is 16.7. The summed E-state index contributed by atoms with van der Waals surface area (Å²) in [6.07, 6.45) is 1.99. The average molecular weight is 429 g/mol. The Morgan fingerprint density at radius 1 is 1.10 bits per heavy atom. The molecule has 0 saturated carbocycles. The molecule has 158 valence electrons. The summed E-state index contributed by atoms with van der Waals surface area (Å²) in [5.74, 6) is -0.574. The maximum Gasteiger partial charge on any atom is 0.282 e. The fourth-order valence-electron chi connectivity index (χ4n) is 3.37. The second-order valence-electron chi connectivity index (χ2n) is 6.85. The number of hydrogen-bond donors (Lipinski definition) is 1. The van der Waals surface area contributed by atoms with Gasteiger partial charge in [0.05, 0.1) is 4.92 Å². The van der Waals surface area contributed by atoms with Crippen LogP contribution in [0.15, 0.2) is 53.4 Å². The number of carbonyl (C=O) groups is 2. The normalized spacial score (nSPS) is 13.8. The summed E-state index contributed by atoms with van der Waals surface area (Å²) < 4.78 is 0. The van der Waals surface area contributed by atoms with Crippen LogP contribution in [0.5, 0.6) is 0 Å². The molecule has 0 bridgehead atoms. The lowest BCUT2D eigenvalue weighted by molar-refractivity contribution is -0.385. The van der Waals surface area contributed by atoms with Gasteiger partial charge in [-0.05, 0) is 30.5 Å². The van der Waals surface area contributed by atoms with Crippen LogP contribution in [0.1, 0.15) is 16.8 Å². The lowest BCUT2D eigenvalue weighted by atomic mass is 10.1. The van der Waals surface area contributed by atoms with E-state index < -0.39 is 10.8 Å². The van der Waals surface area contributed by atoms with Gasteiger partial charge in [0.15, 0.2) is 0 Å². The minimum atomic E-state index is -0.573. The number of nitrogens with one attached hydrogen (secondary N) is 1. The molecule has 1 saturated heterocycles. The summed E-state index contributed by atoms with van der Waals surface area (Å²) in [7, 11) is 0. The fraction of sp³-hybridized carbons (Fsp3) is 0.333. The van der Waals surface area contributed by atoms with Crippen molar-refractivity contribution in [2.45, 2.75) is 11.3 Å². The highest BCUT2D eigenvalue weighted by Gasteiger charge is 2.23. The molecule has 30 heavy (non-hydrogen) atoms. The molecule has 3 rings (SSSR count). The Morgan fingerprint density at radius 2 is 1.80 bits per heavy atom. The molecule has 1 N–H and O–H groups in total. The van der Waals surface area contributed by atoms with Crippen molar-refractivity contribution in [3.05, 3.63) is 64.2 Å². The number of thioether (sulfide) groups is 1. The summed E-state index contributed by atoms with van der Waals surface area (Å²) in [6, 6.07) is 14.5. The van der Waals surface area contributed by atoms with Crippen LogP contribution in [0.3, 0.4) is 0 Å². The Balaban J connectivity index is 1.49. The van der Waals surface area contributed by atoms with Crippen molar-refractivity contribution < 1.29 is 14.5 Å². The topological polar surface area (TPSA) is 95.8 Å². The standard InChI is InChI=1S/C21H24N4O4S/c1-30-17-7-8-19(25(28)29)18(15-17)21(27)22-10-9-20(26)24-13-11-23(12-14-24)16-5-3-2-4-6-16/h2-8,15H,9-14H2,1H3,(H,22,27). The van der Waals surface area contributed by atoms with E-state index in [1.807, 2.05) is 24.5 Å². The molecule has 1 fully saturated rings. The van der Waals surface area contributed by atoms with Gasteiger partial charge in [-0.15, -0.1) is 11.8 Å². The van der Waals surface area contributed by atoms with E-state index in [1.165, 1.54) is 23.9 Å². The number of nitrogens with zero attached hydrogens (tertiary/aromatic N) is 3. The maximum atomic E-state index is 12.5. The maximum absolute atomic E-state index is 12.5. The number of benzene rings is 2. The van der Waals surface area contributed by atoms with Gasteiger partial charge in [-0.1, -0.05) is 18.2 Å². The van der Waals surface area contributed by atoms with Gasteiger partial charge in [0.1, 0.15) is 5.56 Å². The smallest absolute Gasteiger partial charge is 0.282 e. The summed E-state index contributed by atoms with van der Waals surface area (Å²) in [6.45, 7) is 2.91. The number of nitro benzene ring substituents is 1. The van der Waals surface area contributed by atoms with Crippen LogP contribution in [0.25, 0.3) is 0 Å². The highest BCUT2D eigenvalue weighted by molar-refractivity contribution is 7.98. The molecule has 0 unspecified atom stereocenters. The van der Waals surface area contributed by atoms with Crippen LogP contribution in [-0.2, 0) is 4.79 Å². The van der Waals surface area contributed by atoms with Gasteiger partial charge < -0.3 is 15.1 Å². The summed E-state index contributed by atoms with van der Waals surface area (Å²) >= 11 is 1.40. The van der Waals surface area contributed by atoms with Crippen molar-refractivity contribution >= 4 is 35.0 Å². The molecule has 0 spiro atoms. The summed E-state index contributed by atoms with van der Waals surface area (Å²) in [5, 5.41) is 13.8. The predicted molar refractivity (Wildman–Crippen MR) is 117 cm³/mol. The molecule has 1 aliphatic rings. The number of carbonyl (C=O) groups excluding carboxylic acids is 2. The first kappa shape index (κ1) is 21.6. The van der Waals surface area contributed by atoms with Crippen molar-refractivity contribution in [3.8, 4) is 0 Å². The summed E-state index contributed by atoms with van der Waals surface area (Å²) in [4.78, 5) is 40.3. The minimum Gasteiger partial charge on any atom is -0.368 e. The van der Waals surface area contributed by atoms with Crippen molar-refractivity contribution in [2.24, 2.45) is 0 Å². The molecular weight excluding hydrogens is 404 g/mol. The van der Waals surface area contributed by atoms with Crippen LogP contribution < -0.4 is 10.2 Å². The third-order valence-corrected chi connectivity index (χ3v) is 5.75. The molecule has 0 aliphatic carbocycles. The largest absolute Gasteiger partial charge is 0.368 e. The van der Waals surface area contributed by atoms with Gasteiger partial charge in [-0.25, -0.2) is 0 Å². The van der Waals surface area contributed by atoms with E-state index in [0.29, 0.717) is 13.1 Å². The van der Waals surface area contributed by atoms with Gasteiger partial charge in [0, 0.05) is 55.8 Å². The predicted octanol–water partition coefficient (Wildman–Crippen LogP) is 2.79. The highest BCUT2D eigenvalue weighted by atomic mass is 32.2. The van der Waals surface area contributed by atoms with E-state index in [-0.39, 0.29) is 30.1 Å².